The third-order valence-electron chi connectivity index (χ3n) is 5.57. The predicted molar refractivity (Wildman–Crippen MR) is 73.9 cm³/mol. The lowest BCUT2D eigenvalue weighted by Crippen LogP contribution is -2.55. The summed E-state index contributed by atoms with van der Waals surface area (Å²) in [7, 11) is 0. The Morgan fingerprint density at radius 3 is 1.88 bits per heavy atom. The molecule has 0 aromatic rings. The smallest absolute Gasteiger partial charge is 0.0332 e. The normalized spacial score (nSPS) is 37.2. The first-order valence-electron chi connectivity index (χ1n) is 7.34. The van der Waals surface area contributed by atoms with E-state index in [4.69, 9.17) is 5.73 Å². The summed E-state index contributed by atoms with van der Waals surface area (Å²) in [5, 5.41) is 0. The summed E-state index contributed by atoms with van der Waals surface area (Å²) < 4.78 is 0. The molecule has 2 unspecified atom stereocenters. The summed E-state index contributed by atoms with van der Waals surface area (Å²) in [5.41, 5.74) is 7.02. The molecular formula is C15H30N2. The van der Waals surface area contributed by atoms with Crippen LogP contribution in [0, 0.1) is 17.3 Å². The quantitative estimate of drug-likeness (QED) is 0.801. The first kappa shape index (κ1) is 13.4. The van der Waals surface area contributed by atoms with Crippen molar-refractivity contribution in [1.82, 2.24) is 4.90 Å². The van der Waals surface area contributed by atoms with Gasteiger partial charge in [-0.25, -0.2) is 0 Å². The molecule has 2 nitrogen and oxygen atoms in total. The minimum Gasteiger partial charge on any atom is -0.329 e. The molecule has 0 aromatic carbocycles. The molecule has 100 valence electrons. The van der Waals surface area contributed by atoms with Crippen LogP contribution >= 0.6 is 0 Å². The molecule has 1 aliphatic heterocycles. The third-order valence-corrected chi connectivity index (χ3v) is 5.57. The van der Waals surface area contributed by atoms with Gasteiger partial charge in [-0.3, -0.25) is 4.90 Å². The number of nitrogens with two attached hydrogens (primary N) is 1. The molecule has 2 fully saturated rings. The first-order chi connectivity index (χ1) is 7.88. The van der Waals surface area contributed by atoms with Gasteiger partial charge in [0.05, 0.1) is 0 Å². The fourth-order valence-corrected chi connectivity index (χ4v) is 3.56. The van der Waals surface area contributed by atoms with E-state index in [0.717, 1.165) is 18.4 Å². The van der Waals surface area contributed by atoms with Gasteiger partial charge in [-0.2, -0.15) is 0 Å². The molecule has 0 bridgehead atoms. The van der Waals surface area contributed by atoms with Crippen LogP contribution in [0.4, 0.5) is 0 Å². The van der Waals surface area contributed by atoms with Gasteiger partial charge in [-0.1, -0.05) is 27.7 Å². The van der Waals surface area contributed by atoms with Gasteiger partial charge in [-0.05, 0) is 42.9 Å². The molecule has 1 saturated carbocycles. The molecular weight excluding hydrogens is 208 g/mol. The zero-order valence-electron chi connectivity index (χ0n) is 12.1. The number of rotatable bonds is 2. The summed E-state index contributed by atoms with van der Waals surface area (Å²) in [4.78, 5) is 2.72. The SMILES string of the molecule is CC1CN(C2(CN)CCC(C)(C)CC2)CC1C. The summed E-state index contributed by atoms with van der Waals surface area (Å²) in [5.74, 6) is 1.68. The standard InChI is InChI=1S/C15H30N2/c1-12-9-17(10-13(12)2)15(11-16)7-5-14(3,4)6-8-15/h12-13H,5-11,16H2,1-4H3. The van der Waals surface area contributed by atoms with Crippen molar-refractivity contribution < 1.29 is 0 Å². The Bertz CT molecular complexity index is 252. The highest BCUT2D eigenvalue weighted by Crippen LogP contribution is 2.44. The first-order valence-corrected chi connectivity index (χ1v) is 7.34. The van der Waals surface area contributed by atoms with Gasteiger partial charge in [0.2, 0.25) is 0 Å². The van der Waals surface area contributed by atoms with Crippen molar-refractivity contribution in [2.45, 2.75) is 58.9 Å². The molecule has 0 aromatic heterocycles. The second-order valence-electron chi connectivity index (χ2n) is 7.45. The maximum atomic E-state index is 6.16. The van der Waals surface area contributed by atoms with Crippen molar-refractivity contribution in [3.63, 3.8) is 0 Å². The fourth-order valence-electron chi connectivity index (χ4n) is 3.56. The Morgan fingerprint density at radius 1 is 1.00 bits per heavy atom. The topological polar surface area (TPSA) is 29.3 Å². The molecule has 2 heteroatoms. The zero-order chi connectivity index (χ0) is 12.7. The summed E-state index contributed by atoms with van der Waals surface area (Å²) in [6.07, 6.45) is 5.28. The van der Waals surface area contributed by atoms with E-state index in [2.05, 4.69) is 32.6 Å². The number of hydrogen-bond donors (Lipinski definition) is 1. The largest absolute Gasteiger partial charge is 0.329 e. The van der Waals surface area contributed by atoms with Gasteiger partial charge in [0, 0.05) is 25.2 Å². The van der Waals surface area contributed by atoms with E-state index < -0.39 is 0 Å². The van der Waals surface area contributed by atoms with Crippen molar-refractivity contribution in [2.75, 3.05) is 19.6 Å². The second kappa shape index (κ2) is 4.55. The zero-order valence-corrected chi connectivity index (χ0v) is 12.1. The summed E-state index contributed by atoms with van der Waals surface area (Å²) in [6.45, 7) is 13.0. The van der Waals surface area contributed by atoms with Crippen LogP contribution in [-0.2, 0) is 0 Å². The van der Waals surface area contributed by atoms with Gasteiger partial charge >= 0.3 is 0 Å². The maximum absolute atomic E-state index is 6.16. The third kappa shape index (κ3) is 2.53. The van der Waals surface area contributed by atoms with Gasteiger partial charge in [-0.15, -0.1) is 0 Å². The van der Waals surface area contributed by atoms with Crippen molar-refractivity contribution in [1.29, 1.82) is 0 Å². The van der Waals surface area contributed by atoms with Crippen molar-refractivity contribution in [2.24, 2.45) is 23.0 Å². The van der Waals surface area contributed by atoms with Gasteiger partial charge in [0.1, 0.15) is 0 Å². The second-order valence-corrected chi connectivity index (χ2v) is 7.45. The highest BCUT2D eigenvalue weighted by molar-refractivity contribution is 5.00. The summed E-state index contributed by atoms with van der Waals surface area (Å²) in [6, 6.07) is 0. The highest BCUT2D eigenvalue weighted by atomic mass is 15.2. The van der Waals surface area contributed by atoms with E-state index in [0.29, 0.717) is 11.0 Å². The molecule has 2 atom stereocenters. The van der Waals surface area contributed by atoms with Gasteiger partial charge in [0.25, 0.3) is 0 Å². The molecule has 2 aliphatic rings. The van der Waals surface area contributed by atoms with E-state index in [-0.39, 0.29) is 0 Å². The molecule has 17 heavy (non-hydrogen) atoms. The van der Waals surface area contributed by atoms with Gasteiger partial charge in [0.15, 0.2) is 0 Å². The molecule has 2 rings (SSSR count). The van der Waals surface area contributed by atoms with E-state index in [1.54, 1.807) is 0 Å². The van der Waals surface area contributed by atoms with Crippen LogP contribution < -0.4 is 5.73 Å². The van der Waals surface area contributed by atoms with Crippen LogP contribution in [0.2, 0.25) is 0 Å². The Hall–Kier alpha value is -0.0800. The lowest BCUT2D eigenvalue weighted by atomic mass is 9.68. The van der Waals surface area contributed by atoms with Crippen molar-refractivity contribution in [3.8, 4) is 0 Å². The lowest BCUT2D eigenvalue weighted by molar-refractivity contribution is 0.0363. The maximum Gasteiger partial charge on any atom is 0.0332 e. The van der Waals surface area contributed by atoms with Crippen LogP contribution in [0.5, 0.6) is 0 Å². The van der Waals surface area contributed by atoms with E-state index in [9.17, 15) is 0 Å². The molecule has 1 saturated heterocycles. The highest BCUT2D eigenvalue weighted by Gasteiger charge is 2.44. The number of likely N-dealkylation sites (tertiary alicyclic amines) is 1. The van der Waals surface area contributed by atoms with Crippen LogP contribution in [0.3, 0.4) is 0 Å². The monoisotopic (exact) mass is 238 g/mol. The van der Waals surface area contributed by atoms with Crippen molar-refractivity contribution in [3.05, 3.63) is 0 Å². The minimum absolute atomic E-state index is 0.328. The molecule has 0 spiro atoms. The molecule has 1 heterocycles. The Balaban J connectivity index is 2.06. The van der Waals surface area contributed by atoms with Crippen LogP contribution in [0.15, 0.2) is 0 Å². The Kier molecular flexibility index (Phi) is 3.57. The number of nitrogens with zero attached hydrogens (tertiary/aromatic N) is 1. The fraction of sp³-hybridized carbons (Fsp3) is 1.00. The molecule has 0 amide bonds. The predicted octanol–water partition coefficient (Wildman–Crippen LogP) is 2.87. The molecule has 0 radical (unpaired) electrons. The van der Waals surface area contributed by atoms with E-state index in [1.807, 2.05) is 0 Å². The van der Waals surface area contributed by atoms with E-state index >= 15 is 0 Å². The average Bonchev–Trinajstić information content (AvgIpc) is 2.61. The minimum atomic E-state index is 0.328. The van der Waals surface area contributed by atoms with Crippen molar-refractivity contribution >= 4 is 0 Å². The van der Waals surface area contributed by atoms with E-state index in [1.165, 1.54) is 38.8 Å². The van der Waals surface area contributed by atoms with Crippen LogP contribution in [0.1, 0.15) is 53.4 Å². The lowest BCUT2D eigenvalue weighted by Gasteiger charge is -2.48. The molecule has 1 aliphatic carbocycles. The molecule has 2 N–H and O–H groups in total. The Labute approximate surface area is 107 Å². The van der Waals surface area contributed by atoms with Crippen LogP contribution in [0.25, 0.3) is 0 Å². The Morgan fingerprint density at radius 2 is 1.47 bits per heavy atom. The summed E-state index contributed by atoms with van der Waals surface area (Å²) >= 11 is 0. The van der Waals surface area contributed by atoms with Crippen LogP contribution in [-0.4, -0.2) is 30.1 Å². The average molecular weight is 238 g/mol. The van der Waals surface area contributed by atoms with Gasteiger partial charge < -0.3 is 5.73 Å². The number of hydrogen-bond acceptors (Lipinski definition) is 2.